The highest BCUT2D eigenvalue weighted by Gasteiger charge is 2.14. The van der Waals surface area contributed by atoms with Gasteiger partial charge in [-0.3, -0.25) is 4.79 Å². The van der Waals surface area contributed by atoms with Crippen LogP contribution in [0.25, 0.3) is 0 Å². The maximum absolute atomic E-state index is 12.3. The highest BCUT2D eigenvalue weighted by Crippen LogP contribution is 2.24. The molecule has 1 unspecified atom stereocenters. The van der Waals surface area contributed by atoms with Crippen molar-refractivity contribution in [3.63, 3.8) is 0 Å². The zero-order chi connectivity index (χ0) is 29.6. The minimum absolute atomic E-state index is 0.0230. The van der Waals surface area contributed by atoms with Gasteiger partial charge in [-0.25, -0.2) is 0 Å². The minimum Gasteiger partial charge on any atom is -0.466 e. The second kappa shape index (κ2) is 29.2. The number of carbonyl (C=O) groups is 2. The lowest BCUT2D eigenvalue weighted by atomic mass is 9.91. The molecule has 1 aliphatic rings. The Morgan fingerprint density at radius 1 is 0.634 bits per heavy atom. The van der Waals surface area contributed by atoms with E-state index in [4.69, 9.17) is 4.74 Å². The number of aldehydes is 1. The van der Waals surface area contributed by atoms with Crippen LogP contribution in [0.4, 0.5) is 0 Å². The molecule has 0 aromatic rings. The number of hydrogen-bond acceptors (Lipinski definition) is 4. The molecule has 0 bridgehead atoms. The highest BCUT2D eigenvalue weighted by molar-refractivity contribution is 5.69. The van der Waals surface area contributed by atoms with Gasteiger partial charge < -0.3 is 14.4 Å². The quantitative estimate of drug-likeness (QED) is 0.0484. The molecule has 41 heavy (non-hydrogen) atoms. The number of hydrogen-bond donors (Lipinski definition) is 0. The molecule has 4 nitrogen and oxygen atoms in total. The van der Waals surface area contributed by atoms with Gasteiger partial charge in [-0.15, -0.1) is 0 Å². The van der Waals surface area contributed by atoms with Gasteiger partial charge in [0.1, 0.15) is 6.29 Å². The van der Waals surface area contributed by atoms with Crippen molar-refractivity contribution in [2.45, 2.75) is 187 Å². The van der Waals surface area contributed by atoms with Crippen LogP contribution in [0.5, 0.6) is 0 Å². The summed E-state index contributed by atoms with van der Waals surface area (Å²) >= 11 is 0. The van der Waals surface area contributed by atoms with Crippen LogP contribution in [0.3, 0.4) is 0 Å². The third kappa shape index (κ3) is 24.3. The summed E-state index contributed by atoms with van der Waals surface area (Å²) in [6.07, 6.45) is 34.5. The fourth-order valence-corrected chi connectivity index (χ4v) is 6.62. The van der Waals surface area contributed by atoms with Crippen molar-refractivity contribution in [3.8, 4) is 0 Å². The molecule has 0 spiro atoms. The maximum Gasteiger partial charge on any atom is 0.305 e. The summed E-state index contributed by atoms with van der Waals surface area (Å²) in [7, 11) is 0. The van der Waals surface area contributed by atoms with Crippen molar-refractivity contribution in [2.24, 2.45) is 11.8 Å². The van der Waals surface area contributed by atoms with Crippen LogP contribution in [-0.4, -0.2) is 43.4 Å². The van der Waals surface area contributed by atoms with Crippen molar-refractivity contribution in [2.75, 3.05) is 26.2 Å². The molecule has 1 rings (SSSR count). The van der Waals surface area contributed by atoms with Crippen molar-refractivity contribution in [1.29, 1.82) is 0 Å². The molecule has 0 aromatic carbocycles. The first kappa shape index (κ1) is 38.1. The summed E-state index contributed by atoms with van der Waals surface area (Å²) < 4.78 is 5.64. The molecule has 0 radical (unpaired) electrons. The monoisotopic (exact) mass is 578 g/mol. The second-order valence-electron chi connectivity index (χ2n) is 13.2. The van der Waals surface area contributed by atoms with E-state index >= 15 is 0 Å². The third-order valence-corrected chi connectivity index (χ3v) is 9.45. The fraction of sp³-hybridized carbons (Fsp3) is 0.946. The zero-order valence-electron chi connectivity index (χ0n) is 27.8. The lowest BCUT2D eigenvalue weighted by molar-refractivity contribution is -0.144. The number of likely N-dealkylation sites (tertiary alicyclic amines) is 1. The lowest BCUT2D eigenvalue weighted by Gasteiger charge is -2.28. The van der Waals surface area contributed by atoms with E-state index in [1.165, 1.54) is 154 Å². The molecular formula is C37H71NO3. The second-order valence-corrected chi connectivity index (χ2v) is 13.2. The first-order chi connectivity index (χ1) is 20.2. The number of nitrogens with zero attached hydrogens (tertiary/aromatic N) is 1. The van der Waals surface area contributed by atoms with Crippen molar-refractivity contribution >= 4 is 12.3 Å². The van der Waals surface area contributed by atoms with E-state index in [2.05, 4.69) is 18.7 Å². The molecule has 0 aliphatic carbocycles. The predicted octanol–water partition coefficient (Wildman–Crippen LogP) is 10.8. The molecule has 0 N–H and O–H groups in total. The highest BCUT2D eigenvalue weighted by atomic mass is 16.5. The Kier molecular flexibility index (Phi) is 27.1. The number of rotatable bonds is 30. The van der Waals surface area contributed by atoms with Crippen molar-refractivity contribution in [3.05, 3.63) is 0 Å². The summed E-state index contributed by atoms with van der Waals surface area (Å²) in [6.45, 7) is 9.08. The molecule has 1 atom stereocenters. The van der Waals surface area contributed by atoms with Crippen LogP contribution >= 0.6 is 0 Å². The van der Waals surface area contributed by atoms with Crippen LogP contribution in [-0.2, 0) is 14.3 Å². The van der Waals surface area contributed by atoms with Crippen LogP contribution in [0.15, 0.2) is 0 Å². The molecule has 1 heterocycles. The average Bonchev–Trinajstić information content (AvgIpc) is 2.99. The van der Waals surface area contributed by atoms with Crippen LogP contribution in [0, 0.1) is 11.8 Å². The molecule has 0 aromatic heterocycles. The van der Waals surface area contributed by atoms with E-state index in [1.807, 2.05) is 0 Å². The van der Waals surface area contributed by atoms with Gasteiger partial charge in [0, 0.05) is 12.8 Å². The zero-order valence-corrected chi connectivity index (χ0v) is 27.8. The number of esters is 1. The van der Waals surface area contributed by atoms with Crippen LogP contribution < -0.4 is 0 Å². The Labute approximate surface area is 256 Å². The number of carbonyl (C=O) groups excluding carboxylic acids is 2. The Balaban J connectivity index is 2.15. The number of piperidine rings is 1. The third-order valence-electron chi connectivity index (χ3n) is 9.45. The summed E-state index contributed by atoms with van der Waals surface area (Å²) in [6, 6.07) is 0. The first-order valence-corrected chi connectivity index (χ1v) is 18.5. The molecular weight excluding hydrogens is 506 g/mol. The molecule has 242 valence electrons. The SMILES string of the molecule is CCCCCC(CCCCC)CCOC(=O)CCCCCCCC(CCCCCCCC=O)CCN1CCCCC1. The van der Waals surface area contributed by atoms with E-state index in [9.17, 15) is 9.59 Å². The smallest absolute Gasteiger partial charge is 0.305 e. The maximum atomic E-state index is 12.3. The lowest BCUT2D eigenvalue weighted by Crippen LogP contribution is -2.31. The van der Waals surface area contributed by atoms with Crippen molar-refractivity contribution < 1.29 is 14.3 Å². The topological polar surface area (TPSA) is 46.6 Å². The standard InChI is InChI=1S/C37H71NO3/c1-3-5-15-23-36(24-16-6-4-2)29-34-41-37(40)27-19-12-9-11-18-26-35(25-17-10-7-8-13-22-33-39)28-32-38-30-20-14-21-31-38/h33,35-36H,3-32,34H2,1-2H3. The molecule has 0 saturated carbocycles. The van der Waals surface area contributed by atoms with Crippen LogP contribution in [0.2, 0.25) is 0 Å². The van der Waals surface area contributed by atoms with E-state index < -0.39 is 0 Å². The van der Waals surface area contributed by atoms with Gasteiger partial charge in [0.05, 0.1) is 6.61 Å². The van der Waals surface area contributed by atoms with Gasteiger partial charge in [0.25, 0.3) is 0 Å². The summed E-state index contributed by atoms with van der Waals surface area (Å²) in [4.78, 5) is 25.5. The Morgan fingerprint density at radius 2 is 1.15 bits per heavy atom. The average molecular weight is 578 g/mol. The van der Waals surface area contributed by atoms with Crippen molar-refractivity contribution in [1.82, 2.24) is 4.90 Å². The van der Waals surface area contributed by atoms with Gasteiger partial charge in [0.15, 0.2) is 0 Å². The first-order valence-electron chi connectivity index (χ1n) is 18.5. The summed E-state index contributed by atoms with van der Waals surface area (Å²) in [5.41, 5.74) is 0. The van der Waals surface area contributed by atoms with Gasteiger partial charge in [0.2, 0.25) is 0 Å². The van der Waals surface area contributed by atoms with E-state index in [0.717, 1.165) is 50.2 Å². The summed E-state index contributed by atoms with van der Waals surface area (Å²) in [5, 5.41) is 0. The van der Waals surface area contributed by atoms with Gasteiger partial charge in [-0.05, 0) is 70.0 Å². The molecule has 1 aliphatic heterocycles. The predicted molar refractivity (Wildman–Crippen MR) is 176 cm³/mol. The Bertz CT molecular complexity index is 565. The van der Waals surface area contributed by atoms with E-state index in [0.29, 0.717) is 13.0 Å². The number of unbranched alkanes of at least 4 members (excludes halogenated alkanes) is 13. The molecule has 0 amide bonds. The summed E-state index contributed by atoms with van der Waals surface area (Å²) in [5.74, 6) is 1.63. The fourth-order valence-electron chi connectivity index (χ4n) is 6.62. The minimum atomic E-state index is 0.0230. The largest absolute Gasteiger partial charge is 0.466 e. The Hall–Kier alpha value is -0.900. The molecule has 1 fully saturated rings. The normalized spacial score (nSPS) is 14.9. The van der Waals surface area contributed by atoms with Gasteiger partial charge >= 0.3 is 5.97 Å². The Morgan fingerprint density at radius 3 is 1.73 bits per heavy atom. The molecule has 1 saturated heterocycles. The van der Waals surface area contributed by atoms with Gasteiger partial charge in [-0.1, -0.05) is 136 Å². The van der Waals surface area contributed by atoms with Gasteiger partial charge in [-0.2, -0.15) is 0 Å². The van der Waals surface area contributed by atoms with Crippen LogP contribution in [0.1, 0.15) is 187 Å². The molecule has 4 heteroatoms. The van der Waals surface area contributed by atoms with E-state index in [1.54, 1.807) is 0 Å². The number of ether oxygens (including phenoxy) is 1. The van der Waals surface area contributed by atoms with E-state index in [-0.39, 0.29) is 5.97 Å².